The van der Waals surface area contributed by atoms with Crippen LogP contribution in [-0.2, 0) is 19.0 Å². The Hall–Kier alpha value is -0.830. The van der Waals surface area contributed by atoms with Gasteiger partial charge in [0.2, 0.25) is 0 Å². The van der Waals surface area contributed by atoms with Gasteiger partial charge >= 0.3 is 5.97 Å². The summed E-state index contributed by atoms with van der Waals surface area (Å²) in [7, 11) is 1.39. The number of ether oxygens (including phenoxy) is 3. The molecule has 2 unspecified atom stereocenters. The Morgan fingerprint density at radius 3 is 2.53 bits per heavy atom. The summed E-state index contributed by atoms with van der Waals surface area (Å²) < 4.78 is 44.7. The molecule has 1 saturated carbocycles. The lowest BCUT2D eigenvalue weighted by Gasteiger charge is -2.31. The molecule has 1 aliphatic heterocycles. The van der Waals surface area contributed by atoms with Crippen LogP contribution in [0.1, 0.15) is 103 Å². The smallest absolute Gasteiger partial charge is 0.305 e. The van der Waals surface area contributed by atoms with E-state index in [1.54, 1.807) is 6.92 Å². The number of hydrogen-bond donors (Lipinski definition) is 2. The predicted octanol–water partition coefficient (Wildman–Crippen LogP) is 5.38. The molecule has 6 atom stereocenters. The summed E-state index contributed by atoms with van der Waals surface area (Å²) in [5.41, 5.74) is 0. The summed E-state index contributed by atoms with van der Waals surface area (Å²) in [5.74, 6) is -3.15. The number of halogens is 2. The number of aliphatic hydroxyl groups excluding tert-OH is 2. The van der Waals surface area contributed by atoms with Gasteiger partial charge in [0.25, 0.3) is 5.92 Å². The number of hydrogen-bond acceptors (Lipinski definition) is 6. The van der Waals surface area contributed by atoms with E-state index < -0.39 is 18.1 Å². The lowest BCUT2D eigenvalue weighted by Crippen LogP contribution is -2.34. The van der Waals surface area contributed by atoms with Crippen molar-refractivity contribution in [1.29, 1.82) is 0 Å². The molecular weight excluding hydrogens is 446 g/mol. The fourth-order valence-corrected chi connectivity index (χ4v) is 5.49. The van der Waals surface area contributed by atoms with Gasteiger partial charge in [0.15, 0.2) is 6.29 Å². The monoisotopic (exact) mass is 492 g/mol. The molecule has 2 rings (SSSR count). The Bertz CT molecular complexity index is 569. The van der Waals surface area contributed by atoms with Crippen molar-refractivity contribution in [3.05, 3.63) is 0 Å². The Balaban J connectivity index is 1.88. The molecule has 0 aromatic carbocycles. The first-order chi connectivity index (χ1) is 16.3. The Labute approximate surface area is 203 Å². The summed E-state index contributed by atoms with van der Waals surface area (Å²) in [6, 6.07) is 0. The molecule has 2 aliphatic rings. The van der Waals surface area contributed by atoms with Gasteiger partial charge in [0.05, 0.1) is 19.3 Å². The van der Waals surface area contributed by atoms with Crippen LogP contribution in [0.15, 0.2) is 0 Å². The molecule has 2 fully saturated rings. The normalized spacial score (nSPS) is 28.7. The maximum absolute atomic E-state index is 14.0. The highest BCUT2D eigenvalue weighted by Gasteiger charge is 2.44. The largest absolute Gasteiger partial charge is 0.469 e. The standard InChI is InChI=1S/C26H46F2O6/c1-3-16-26(27,28)23(30)13-10-12-20-19(11-6-4-5-7-14-24(31)32-2)21(29)18-22(20)34-25-15-8-9-17-33-25/h19-23,25,29-30H,3-18H2,1-2H3/t19-,20-,21+,22-,23?,25?/m1/s1. The Morgan fingerprint density at radius 2 is 1.85 bits per heavy atom. The van der Waals surface area contributed by atoms with E-state index >= 15 is 0 Å². The molecule has 6 nitrogen and oxygen atoms in total. The SMILES string of the molecule is CCCC(F)(F)C(O)CCC[C@@H]1[C@@H](CCCCCCC(=O)OC)[C@@H](O)C[C@H]1OC1CCCCO1. The number of aliphatic hydroxyl groups is 2. The molecule has 0 bridgehead atoms. The second-order valence-corrected chi connectivity index (χ2v) is 10.1. The molecule has 0 radical (unpaired) electrons. The van der Waals surface area contributed by atoms with Crippen LogP contribution in [0.3, 0.4) is 0 Å². The third-order valence-corrected chi connectivity index (χ3v) is 7.44. The summed E-state index contributed by atoms with van der Waals surface area (Å²) in [6.45, 7) is 2.37. The molecule has 1 aliphatic carbocycles. The van der Waals surface area contributed by atoms with Crippen LogP contribution < -0.4 is 0 Å². The highest BCUT2D eigenvalue weighted by Crippen LogP contribution is 2.42. The van der Waals surface area contributed by atoms with Gasteiger partial charge in [0.1, 0.15) is 6.10 Å². The van der Waals surface area contributed by atoms with Crippen molar-refractivity contribution in [1.82, 2.24) is 0 Å². The molecule has 34 heavy (non-hydrogen) atoms. The maximum atomic E-state index is 14.0. The third kappa shape index (κ3) is 9.67. The summed E-state index contributed by atoms with van der Waals surface area (Å²) in [5, 5.41) is 20.8. The van der Waals surface area contributed by atoms with E-state index in [1.165, 1.54) is 7.11 Å². The van der Waals surface area contributed by atoms with Gasteiger partial charge in [-0.25, -0.2) is 8.78 Å². The molecule has 200 valence electrons. The Kier molecular flexibility index (Phi) is 13.2. The zero-order valence-corrected chi connectivity index (χ0v) is 21.1. The zero-order chi connectivity index (χ0) is 25.0. The van der Waals surface area contributed by atoms with Crippen LogP contribution in [0.25, 0.3) is 0 Å². The Morgan fingerprint density at radius 1 is 1.12 bits per heavy atom. The van der Waals surface area contributed by atoms with Crippen LogP contribution in [0, 0.1) is 11.8 Å². The van der Waals surface area contributed by atoms with E-state index in [0.717, 1.165) is 51.4 Å². The quantitative estimate of drug-likeness (QED) is 0.222. The number of rotatable bonds is 16. The molecule has 0 spiro atoms. The number of methoxy groups -OCH3 is 1. The second kappa shape index (κ2) is 15.3. The van der Waals surface area contributed by atoms with Gasteiger partial charge < -0.3 is 24.4 Å². The fourth-order valence-electron chi connectivity index (χ4n) is 5.49. The van der Waals surface area contributed by atoms with E-state index in [1.807, 2.05) is 0 Å². The molecular formula is C26H46F2O6. The van der Waals surface area contributed by atoms with Gasteiger partial charge in [-0.2, -0.15) is 0 Å². The molecule has 0 aromatic rings. The van der Waals surface area contributed by atoms with E-state index in [-0.39, 0.29) is 43.0 Å². The van der Waals surface area contributed by atoms with Crippen molar-refractivity contribution in [2.45, 2.75) is 134 Å². The van der Waals surface area contributed by atoms with Gasteiger partial charge in [-0.05, 0) is 56.8 Å². The average molecular weight is 493 g/mol. The molecule has 1 heterocycles. The minimum absolute atomic E-state index is 0.0440. The van der Waals surface area contributed by atoms with E-state index in [9.17, 15) is 23.8 Å². The first-order valence-electron chi connectivity index (χ1n) is 13.4. The second-order valence-electron chi connectivity index (χ2n) is 10.1. The minimum Gasteiger partial charge on any atom is -0.469 e. The van der Waals surface area contributed by atoms with Gasteiger partial charge in [-0.3, -0.25) is 4.79 Å². The number of alkyl halides is 2. The molecule has 8 heteroatoms. The number of carbonyl (C=O) groups is 1. The summed E-state index contributed by atoms with van der Waals surface area (Å²) in [4.78, 5) is 11.2. The van der Waals surface area contributed by atoms with Crippen LogP contribution in [0.4, 0.5) is 8.78 Å². The van der Waals surface area contributed by atoms with E-state index in [2.05, 4.69) is 4.74 Å². The van der Waals surface area contributed by atoms with Crippen LogP contribution in [0.5, 0.6) is 0 Å². The lowest BCUT2D eigenvalue weighted by molar-refractivity contribution is -0.196. The molecule has 1 saturated heterocycles. The van der Waals surface area contributed by atoms with Crippen molar-refractivity contribution in [3.8, 4) is 0 Å². The van der Waals surface area contributed by atoms with Crippen molar-refractivity contribution in [2.24, 2.45) is 11.8 Å². The summed E-state index contributed by atoms with van der Waals surface area (Å²) in [6.07, 6.45) is 6.98. The molecule has 2 N–H and O–H groups in total. The number of unbranched alkanes of at least 4 members (excludes halogenated alkanes) is 3. The van der Waals surface area contributed by atoms with Crippen molar-refractivity contribution >= 4 is 5.97 Å². The van der Waals surface area contributed by atoms with Crippen LogP contribution >= 0.6 is 0 Å². The predicted molar refractivity (Wildman–Crippen MR) is 125 cm³/mol. The van der Waals surface area contributed by atoms with Crippen molar-refractivity contribution in [2.75, 3.05) is 13.7 Å². The van der Waals surface area contributed by atoms with Crippen LogP contribution in [-0.4, -0.2) is 60.4 Å². The summed E-state index contributed by atoms with van der Waals surface area (Å²) >= 11 is 0. The number of carbonyl (C=O) groups excluding carboxylic acids is 1. The van der Waals surface area contributed by atoms with Crippen molar-refractivity contribution < 1.29 is 38.0 Å². The highest BCUT2D eigenvalue weighted by molar-refractivity contribution is 5.68. The van der Waals surface area contributed by atoms with Crippen molar-refractivity contribution in [3.63, 3.8) is 0 Å². The first-order valence-corrected chi connectivity index (χ1v) is 13.4. The van der Waals surface area contributed by atoms with E-state index in [0.29, 0.717) is 38.7 Å². The zero-order valence-electron chi connectivity index (χ0n) is 21.1. The third-order valence-electron chi connectivity index (χ3n) is 7.44. The minimum atomic E-state index is -3.06. The molecule has 0 aromatic heterocycles. The van der Waals surface area contributed by atoms with Gasteiger partial charge in [0, 0.05) is 25.9 Å². The fraction of sp³-hybridized carbons (Fsp3) is 0.962. The van der Waals surface area contributed by atoms with Gasteiger partial charge in [-0.15, -0.1) is 0 Å². The maximum Gasteiger partial charge on any atom is 0.305 e. The van der Waals surface area contributed by atoms with E-state index in [4.69, 9.17) is 9.47 Å². The average Bonchev–Trinajstić information content (AvgIpc) is 3.10. The first kappa shape index (κ1) is 29.4. The van der Waals surface area contributed by atoms with Gasteiger partial charge in [-0.1, -0.05) is 39.0 Å². The lowest BCUT2D eigenvalue weighted by atomic mass is 9.84. The molecule has 0 amide bonds. The van der Waals surface area contributed by atoms with Crippen LogP contribution in [0.2, 0.25) is 0 Å². The number of esters is 1. The topological polar surface area (TPSA) is 85.2 Å². The highest BCUT2D eigenvalue weighted by atomic mass is 19.3.